The molecule has 0 radical (unpaired) electrons. The van der Waals surface area contributed by atoms with Crippen LogP contribution in [0.3, 0.4) is 0 Å². The molecule has 2 N–H and O–H groups in total. The molecule has 6 nitrogen and oxygen atoms in total. The monoisotopic (exact) mass is 361 g/mol. The van der Waals surface area contributed by atoms with E-state index in [0.29, 0.717) is 18.1 Å². The van der Waals surface area contributed by atoms with Crippen molar-refractivity contribution in [3.63, 3.8) is 0 Å². The predicted octanol–water partition coefficient (Wildman–Crippen LogP) is 2.62. The largest absolute Gasteiger partial charge is 0.388 e. The van der Waals surface area contributed by atoms with Gasteiger partial charge in [0.1, 0.15) is 0 Å². The normalized spacial score (nSPS) is 24.4. The highest BCUT2D eigenvalue weighted by molar-refractivity contribution is 7.18. The second-order valence-electron chi connectivity index (χ2n) is 7.60. The van der Waals surface area contributed by atoms with Gasteiger partial charge in [-0.2, -0.15) is 0 Å². The van der Waals surface area contributed by atoms with Crippen molar-refractivity contribution in [1.82, 2.24) is 15.3 Å². The zero-order chi connectivity index (χ0) is 17.6. The lowest BCUT2D eigenvalue weighted by Gasteiger charge is -2.36. The number of hydrogen-bond acceptors (Lipinski definition) is 6. The zero-order valence-electron chi connectivity index (χ0n) is 14.5. The first-order valence-electron chi connectivity index (χ1n) is 8.81. The molecule has 25 heavy (non-hydrogen) atoms. The number of nitrogens with one attached hydrogen (secondary N) is 1. The number of aliphatic hydroxyl groups is 1. The third-order valence-corrected chi connectivity index (χ3v) is 6.01. The number of thiazole rings is 1. The summed E-state index contributed by atoms with van der Waals surface area (Å²) in [6, 6.07) is 1.84. The number of carbonyl (C=O) groups excluding carboxylic acids is 1. The maximum Gasteiger partial charge on any atom is 0.253 e. The molecule has 1 amide bonds. The van der Waals surface area contributed by atoms with E-state index in [-0.39, 0.29) is 18.1 Å². The highest BCUT2D eigenvalue weighted by atomic mass is 32.1. The first-order chi connectivity index (χ1) is 11.9. The Labute approximate surface area is 150 Å². The van der Waals surface area contributed by atoms with Crippen LogP contribution < -0.4 is 5.32 Å². The average Bonchev–Trinajstić information content (AvgIpc) is 3.33. The third kappa shape index (κ3) is 3.68. The SMILES string of the molecule is CC(C)(O)[C@@H]1CC[C@@H](NC(=O)c2cnc3nc(C4CC4)sc3c2)CO1. The number of carbonyl (C=O) groups is 1. The summed E-state index contributed by atoms with van der Waals surface area (Å²) in [5.74, 6) is 0.464. The van der Waals surface area contributed by atoms with Gasteiger partial charge in [0.2, 0.25) is 0 Å². The molecule has 1 saturated heterocycles. The molecular formula is C18H23N3O3S. The fourth-order valence-corrected chi connectivity index (χ4v) is 4.29. The summed E-state index contributed by atoms with van der Waals surface area (Å²) in [5, 5.41) is 14.2. The summed E-state index contributed by atoms with van der Waals surface area (Å²) < 4.78 is 6.68. The maximum absolute atomic E-state index is 12.5. The fraction of sp³-hybridized carbons (Fsp3) is 0.611. The highest BCUT2D eigenvalue weighted by Gasteiger charge is 2.33. The Morgan fingerprint density at radius 3 is 2.80 bits per heavy atom. The molecule has 0 bridgehead atoms. The highest BCUT2D eigenvalue weighted by Crippen LogP contribution is 2.43. The van der Waals surface area contributed by atoms with Gasteiger partial charge in [-0.05, 0) is 45.6 Å². The Bertz CT molecular complexity index is 786. The lowest BCUT2D eigenvalue weighted by molar-refractivity contribution is -0.114. The molecule has 2 aliphatic rings. The van der Waals surface area contributed by atoms with Crippen molar-refractivity contribution in [3.8, 4) is 0 Å². The van der Waals surface area contributed by atoms with Crippen molar-refractivity contribution in [3.05, 3.63) is 22.8 Å². The Hall–Kier alpha value is -1.57. The van der Waals surface area contributed by atoms with E-state index in [1.54, 1.807) is 31.4 Å². The van der Waals surface area contributed by atoms with Gasteiger partial charge in [0.25, 0.3) is 5.91 Å². The molecule has 1 aliphatic carbocycles. The van der Waals surface area contributed by atoms with Gasteiger partial charge in [-0.3, -0.25) is 4.79 Å². The van der Waals surface area contributed by atoms with Crippen LogP contribution in [-0.2, 0) is 4.74 Å². The van der Waals surface area contributed by atoms with Crippen LogP contribution in [0.25, 0.3) is 10.3 Å². The smallest absolute Gasteiger partial charge is 0.253 e. The minimum atomic E-state index is -0.852. The Morgan fingerprint density at radius 1 is 1.36 bits per heavy atom. The maximum atomic E-state index is 12.5. The van der Waals surface area contributed by atoms with E-state index >= 15 is 0 Å². The number of rotatable bonds is 4. The molecule has 0 unspecified atom stereocenters. The number of hydrogen-bond donors (Lipinski definition) is 2. The fourth-order valence-electron chi connectivity index (χ4n) is 3.16. The van der Waals surface area contributed by atoms with E-state index < -0.39 is 5.60 Å². The molecule has 3 heterocycles. The van der Waals surface area contributed by atoms with E-state index in [1.165, 1.54) is 12.8 Å². The summed E-state index contributed by atoms with van der Waals surface area (Å²) in [6.45, 7) is 3.92. The van der Waals surface area contributed by atoms with Crippen LogP contribution in [-0.4, -0.2) is 45.3 Å². The van der Waals surface area contributed by atoms with Crippen LogP contribution in [0, 0.1) is 0 Å². The minimum Gasteiger partial charge on any atom is -0.388 e. The number of pyridine rings is 1. The third-order valence-electron chi connectivity index (χ3n) is 4.85. The molecule has 134 valence electrons. The lowest BCUT2D eigenvalue weighted by atomic mass is 9.93. The summed E-state index contributed by atoms with van der Waals surface area (Å²) in [5.41, 5.74) is 0.440. The molecule has 2 aromatic rings. The molecular weight excluding hydrogens is 338 g/mol. The number of nitrogens with zero attached hydrogens (tertiary/aromatic N) is 2. The Kier molecular flexibility index (Phi) is 4.25. The minimum absolute atomic E-state index is 0.0368. The molecule has 1 aliphatic heterocycles. The number of aromatic nitrogens is 2. The van der Waals surface area contributed by atoms with E-state index in [4.69, 9.17) is 4.74 Å². The standard InChI is InChI=1S/C18H23N3O3S/c1-18(2,23)14-6-5-12(9-24-14)20-16(22)11-7-13-15(19-8-11)21-17(25-13)10-3-4-10/h7-8,10,12,14,23H,3-6,9H2,1-2H3,(H,20,22)/t12-,14+/m1/s1. The summed E-state index contributed by atoms with van der Waals surface area (Å²) in [4.78, 5) is 21.4. The van der Waals surface area contributed by atoms with Crippen molar-refractivity contribution in [2.24, 2.45) is 0 Å². The second-order valence-corrected chi connectivity index (χ2v) is 8.66. The van der Waals surface area contributed by atoms with Gasteiger partial charge < -0.3 is 15.2 Å². The van der Waals surface area contributed by atoms with Gasteiger partial charge in [0.15, 0.2) is 5.65 Å². The molecule has 2 aromatic heterocycles. The van der Waals surface area contributed by atoms with Crippen LogP contribution >= 0.6 is 11.3 Å². The van der Waals surface area contributed by atoms with Crippen LogP contribution in [0.2, 0.25) is 0 Å². The molecule has 2 atom stereocenters. The van der Waals surface area contributed by atoms with Crippen molar-refractivity contribution in [2.45, 2.75) is 63.2 Å². The lowest BCUT2D eigenvalue weighted by Crippen LogP contribution is -2.48. The zero-order valence-corrected chi connectivity index (χ0v) is 15.3. The van der Waals surface area contributed by atoms with Crippen LogP contribution in [0.5, 0.6) is 0 Å². The molecule has 0 aromatic carbocycles. The van der Waals surface area contributed by atoms with Crippen molar-refractivity contribution in [1.29, 1.82) is 0 Å². The van der Waals surface area contributed by atoms with Gasteiger partial charge >= 0.3 is 0 Å². The van der Waals surface area contributed by atoms with Crippen molar-refractivity contribution >= 4 is 27.6 Å². The summed E-state index contributed by atoms with van der Waals surface area (Å²) >= 11 is 1.64. The van der Waals surface area contributed by atoms with Crippen LogP contribution in [0.4, 0.5) is 0 Å². The van der Waals surface area contributed by atoms with Crippen LogP contribution in [0.1, 0.15) is 60.8 Å². The molecule has 1 saturated carbocycles. The molecule has 7 heteroatoms. The Morgan fingerprint density at radius 2 is 2.16 bits per heavy atom. The first-order valence-corrected chi connectivity index (χ1v) is 9.63. The van der Waals surface area contributed by atoms with Gasteiger partial charge in [-0.15, -0.1) is 11.3 Å². The summed E-state index contributed by atoms with van der Waals surface area (Å²) in [7, 11) is 0. The van der Waals surface area contributed by atoms with E-state index in [1.807, 2.05) is 6.07 Å². The van der Waals surface area contributed by atoms with Crippen molar-refractivity contribution in [2.75, 3.05) is 6.61 Å². The first kappa shape index (κ1) is 16.9. The van der Waals surface area contributed by atoms with E-state index in [0.717, 1.165) is 28.2 Å². The van der Waals surface area contributed by atoms with Gasteiger partial charge in [-0.25, -0.2) is 9.97 Å². The Balaban J connectivity index is 1.40. The number of amides is 1. The average molecular weight is 361 g/mol. The quantitative estimate of drug-likeness (QED) is 0.874. The van der Waals surface area contributed by atoms with Gasteiger partial charge in [0, 0.05) is 12.1 Å². The summed E-state index contributed by atoms with van der Waals surface area (Å²) in [6.07, 6.45) is 5.35. The predicted molar refractivity (Wildman–Crippen MR) is 95.9 cm³/mol. The molecule has 2 fully saturated rings. The second kappa shape index (κ2) is 6.30. The topological polar surface area (TPSA) is 84.3 Å². The number of fused-ring (bicyclic) bond motifs is 1. The van der Waals surface area contributed by atoms with Gasteiger partial charge in [0.05, 0.1) is 39.6 Å². The number of ether oxygens (including phenoxy) is 1. The van der Waals surface area contributed by atoms with Crippen LogP contribution in [0.15, 0.2) is 12.3 Å². The molecule has 0 spiro atoms. The van der Waals surface area contributed by atoms with Gasteiger partial charge in [-0.1, -0.05) is 0 Å². The molecule has 4 rings (SSSR count). The van der Waals surface area contributed by atoms with Crippen molar-refractivity contribution < 1.29 is 14.6 Å². The van der Waals surface area contributed by atoms with E-state index in [9.17, 15) is 9.90 Å². The van der Waals surface area contributed by atoms with E-state index in [2.05, 4.69) is 15.3 Å².